The zero-order valence-corrected chi connectivity index (χ0v) is 10.0. The van der Waals surface area contributed by atoms with E-state index in [0.717, 1.165) is 23.2 Å². The summed E-state index contributed by atoms with van der Waals surface area (Å²) < 4.78 is 0. The van der Waals surface area contributed by atoms with Crippen molar-refractivity contribution in [1.29, 1.82) is 0 Å². The second kappa shape index (κ2) is 4.37. The van der Waals surface area contributed by atoms with Gasteiger partial charge >= 0.3 is 0 Å². The maximum atomic E-state index is 5.96. The summed E-state index contributed by atoms with van der Waals surface area (Å²) in [5, 5.41) is 3.09. The van der Waals surface area contributed by atoms with Gasteiger partial charge in [-0.2, -0.15) is 0 Å². The second-order valence-electron chi connectivity index (χ2n) is 3.30. The highest BCUT2D eigenvalue weighted by molar-refractivity contribution is 9.09. The molecule has 0 saturated heterocycles. The van der Waals surface area contributed by atoms with Crippen LogP contribution in [-0.4, -0.2) is 10.3 Å². The molecule has 0 atom stereocenters. The number of alkyl halides is 1. The van der Waals surface area contributed by atoms with Crippen LogP contribution in [0.25, 0.3) is 10.9 Å². The number of aromatic amines is 1. The van der Waals surface area contributed by atoms with Crippen molar-refractivity contribution in [3.05, 3.63) is 35.0 Å². The van der Waals surface area contributed by atoms with Gasteiger partial charge in [-0.3, -0.25) is 0 Å². The molecule has 0 aliphatic carbocycles. The standard InChI is InChI=1S/C11H11BrClN/c12-5-1-2-8-7-14-11-4-3-9(13)6-10(8)11/h3-4,6-7,14H,1-2,5H2. The minimum Gasteiger partial charge on any atom is -0.361 e. The molecule has 0 aliphatic rings. The van der Waals surface area contributed by atoms with Crippen LogP contribution in [0, 0.1) is 0 Å². The molecule has 0 bridgehead atoms. The summed E-state index contributed by atoms with van der Waals surface area (Å²) in [6, 6.07) is 5.96. The molecule has 14 heavy (non-hydrogen) atoms. The van der Waals surface area contributed by atoms with Crippen LogP contribution in [0.2, 0.25) is 5.02 Å². The van der Waals surface area contributed by atoms with Crippen molar-refractivity contribution in [2.45, 2.75) is 12.8 Å². The lowest BCUT2D eigenvalue weighted by molar-refractivity contribution is 0.947. The Morgan fingerprint density at radius 2 is 2.21 bits per heavy atom. The number of fused-ring (bicyclic) bond motifs is 1. The van der Waals surface area contributed by atoms with Crippen molar-refractivity contribution >= 4 is 38.4 Å². The predicted molar refractivity (Wildman–Crippen MR) is 65.4 cm³/mol. The fraction of sp³-hybridized carbons (Fsp3) is 0.273. The summed E-state index contributed by atoms with van der Waals surface area (Å²) in [7, 11) is 0. The van der Waals surface area contributed by atoms with Gasteiger partial charge in [0.05, 0.1) is 0 Å². The van der Waals surface area contributed by atoms with E-state index in [4.69, 9.17) is 11.6 Å². The summed E-state index contributed by atoms with van der Waals surface area (Å²) in [5.41, 5.74) is 2.51. The lowest BCUT2D eigenvalue weighted by Gasteiger charge is -1.97. The largest absolute Gasteiger partial charge is 0.361 e. The van der Waals surface area contributed by atoms with Gasteiger partial charge < -0.3 is 4.98 Å². The van der Waals surface area contributed by atoms with E-state index in [1.54, 1.807) is 0 Å². The highest BCUT2D eigenvalue weighted by Gasteiger charge is 2.03. The number of hydrogen-bond donors (Lipinski definition) is 1. The van der Waals surface area contributed by atoms with Gasteiger partial charge in [-0.1, -0.05) is 27.5 Å². The Hall–Kier alpha value is -0.470. The third-order valence-electron chi connectivity index (χ3n) is 2.31. The molecule has 2 aromatic rings. The van der Waals surface area contributed by atoms with Gasteiger partial charge in [0.1, 0.15) is 0 Å². The molecule has 2 rings (SSSR count). The van der Waals surface area contributed by atoms with Crippen LogP contribution >= 0.6 is 27.5 Å². The van der Waals surface area contributed by atoms with Crippen molar-refractivity contribution in [2.24, 2.45) is 0 Å². The first-order valence-corrected chi connectivity index (χ1v) is 6.12. The number of aromatic nitrogens is 1. The van der Waals surface area contributed by atoms with E-state index in [-0.39, 0.29) is 0 Å². The van der Waals surface area contributed by atoms with Crippen molar-refractivity contribution in [3.8, 4) is 0 Å². The maximum Gasteiger partial charge on any atom is 0.0457 e. The van der Waals surface area contributed by atoms with E-state index >= 15 is 0 Å². The van der Waals surface area contributed by atoms with E-state index < -0.39 is 0 Å². The van der Waals surface area contributed by atoms with E-state index in [0.29, 0.717) is 0 Å². The molecule has 1 heterocycles. The predicted octanol–water partition coefficient (Wildman–Crippen LogP) is 4.15. The van der Waals surface area contributed by atoms with Gasteiger partial charge in [0.2, 0.25) is 0 Å². The van der Waals surface area contributed by atoms with E-state index in [9.17, 15) is 0 Å². The average molecular weight is 273 g/mol. The summed E-state index contributed by atoms with van der Waals surface area (Å²) in [6.07, 6.45) is 4.31. The molecule has 0 saturated carbocycles. The van der Waals surface area contributed by atoms with E-state index in [2.05, 4.69) is 27.1 Å². The Kier molecular flexibility index (Phi) is 3.14. The number of hydrogen-bond acceptors (Lipinski definition) is 0. The third kappa shape index (κ3) is 1.96. The van der Waals surface area contributed by atoms with Crippen LogP contribution in [-0.2, 0) is 6.42 Å². The summed E-state index contributed by atoms with van der Waals surface area (Å²) in [5.74, 6) is 0. The van der Waals surface area contributed by atoms with Gasteiger partial charge in [0.25, 0.3) is 0 Å². The Balaban J connectivity index is 2.40. The number of halogens is 2. The van der Waals surface area contributed by atoms with Crippen LogP contribution in [0.1, 0.15) is 12.0 Å². The van der Waals surface area contributed by atoms with Crippen molar-refractivity contribution in [1.82, 2.24) is 4.98 Å². The number of aryl methyl sites for hydroxylation is 1. The first kappa shape index (κ1) is 10.1. The molecule has 3 heteroatoms. The van der Waals surface area contributed by atoms with Crippen LogP contribution in [0.4, 0.5) is 0 Å². The zero-order valence-electron chi connectivity index (χ0n) is 7.69. The molecular formula is C11H11BrClN. The Labute approximate surface area is 96.6 Å². The highest BCUT2D eigenvalue weighted by Crippen LogP contribution is 2.23. The quantitative estimate of drug-likeness (QED) is 0.808. The Bertz CT molecular complexity index is 436. The lowest BCUT2D eigenvalue weighted by atomic mass is 10.1. The molecule has 74 valence electrons. The fourth-order valence-corrected chi connectivity index (χ4v) is 2.07. The number of nitrogens with one attached hydrogen (secondary N) is 1. The van der Waals surface area contributed by atoms with Crippen molar-refractivity contribution in [2.75, 3.05) is 5.33 Å². The van der Waals surface area contributed by atoms with Gasteiger partial charge in [-0.25, -0.2) is 0 Å². The smallest absolute Gasteiger partial charge is 0.0457 e. The molecular weight excluding hydrogens is 261 g/mol. The number of H-pyrrole nitrogens is 1. The first-order chi connectivity index (χ1) is 6.81. The van der Waals surface area contributed by atoms with E-state index in [1.165, 1.54) is 16.5 Å². The molecule has 1 aromatic heterocycles. The van der Waals surface area contributed by atoms with E-state index in [1.807, 2.05) is 18.2 Å². The molecule has 0 radical (unpaired) electrons. The molecule has 0 unspecified atom stereocenters. The summed E-state index contributed by atoms with van der Waals surface area (Å²) in [4.78, 5) is 3.25. The summed E-state index contributed by atoms with van der Waals surface area (Å²) >= 11 is 9.40. The molecule has 1 aromatic carbocycles. The molecule has 0 fully saturated rings. The molecule has 0 amide bonds. The third-order valence-corrected chi connectivity index (χ3v) is 3.11. The molecule has 0 spiro atoms. The van der Waals surface area contributed by atoms with Crippen molar-refractivity contribution in [3.63, 3.8) is 0 Å². The Morgan fingerprint density at radius 1 is 1.36 bits per heavy atom. The molecule has 0 aliphatic heterocycles. The minimum atomic E-state index is 0.803. The van der Waals surface area contributed by atoms with Gasteiger partial charge in [0.15, 0.2) is 0 Å². The number of benzene rings is 1. The van der Waals surface area contributed by atoms with Gasteiger partial charge in [0, 0.05) is 27.5 Å². The van der Waals surface area contributed by atoms with Crippen LogP contribution in [0.5, 0.6) is 0 Å². The monoisotopic (exact) mass is 271 g/mol. The number of rotatable bonds is 3. The summed E-state index contributed by atoms with van der Waals surface area (Å²) in [6.45, 7) is 0. The van der Waals surface area contributed by atoms with Crippen molar-refractivity contribution < 1.29 is 0 Å². The second-order valence-corrected chi connectivity index (χ2v) is 4.53. The maximum absolute atomic E-state index is 5.96. The fourth-order valence-electron chi connectivity index (χ4n) is 1.61. The van der Waals surface area contributed by atoms with Gasteiger partial charge in [-0.05, 0) is 36.6 Å². The Morgan fingerprint density at radius 3 is 3.00 bits per heavy atom. The minimum absolute atomic E-state index is 0.803. The van der Waals surface area contributed by atoms with Crippen LogP contribution < -0.4 is 0 Å². The SMILES string of the molecule is Clc1ccc2[nH]cc(CCCBr)c2c1. The lowest BCUT2D eigenvalue weighted by Crippen LogP contribution is -1.83. The normalized spacial score (nSPS) is 11.0. The average Bonchev–Trinajstić information content (AvgIpc) is 2.57. The molecule has 1 nitrogen and oxygen atoms in total. The first-order valence-electron chi connectivity index (χ1n) is 4.63. The molecule has 1 N–H and O–H groups in total. The highest BCUT2D eigenvalue weighted by atomic mass is 79.9. The topological polar surface area (TPSA) is 15.8 Å². The van der Waals surface area contributed by atoms with Gasteiger partial charge in [-0.15, -0.1) is 0 Å². The van der Waals surface area contributed by atoms with Crippen LogP contribution in [0.3, 0.4) is 0 Å². The van der Waals surface area contributed by atoms with Crippen LogP contribution in [0.15, 0.2) is 24.4 Å². The zero-order chi connectivity index (χ0) is 9.97.